The van der Waals surface area contributed by atoms with Gasteiger partial charge in [-0.15, -0.1) is 0 Å². The van der Waals surface area contributed by atoms with Gasteiger partial charge in [-0.3, -0.25) is 4.79 Å². The zero-order chi connectivity index (χ0) is 15.1. The summed E-state index contributed by atoms with van der Waals surface area (Å²) in [6.07, 6.45) is 2.21. The molecule has 1 saturated heterocycles. The van der Waals surface area contributed by atoms with Crippen LogP contribution in [0.5, 0.6) is 0 Å². The van der Waals surface area contributed by atoms with Gasteiger partial charge in [0.2, 0.25) is 5.91 Å². The Hall–Kier alpha value is -1.55. The maximum Gasteiger partial charge on any atom is 0.219 e. The highest BCUT2D eigenvalue weighted by molar-refractivity contribution is 5.73. The van der Waals surface area contributed by atoms with Crippen molar-refractivity contribution in [3.8, 4) is 0 Å². The first-order chi connectivity index (χ1) is 10.2. The molecule has 1 amide bonds. The molecule has 0 spiro atoms. The number of anilines is 1. The Kier molecular flexibility index (Phi) is 6.05. The van der Waals surface area contributed by atoms with Crippen LogP contribution in [0, 0.1) is 0 Å². The number of carbonyl (C=O) groups is 1. The van der Waals surface area contributed by atoms with Crippen LogP contribution >= 0.6 is 0 Å². The van der Waals surface area contributed by atoms with Crippen LogP contribution in [0.1, 0.15) is 32.3 Å². The molecule has 1 aromatic rings. The van der Waals surface area contributed by atoms with Gasteiger partial charge in [-0.1, -0.05) is 19.1 Å². The zero-order valence-electron chi connectivity index (χ0n) is 13.3. The van der Waals surface area contributed by atoms with Crippen molar-refractivity contribution < 1.29 is 4.79 Å². The minimum atomic E-state index is 0.189. The number of benzene rings is 1. The molecular weight excluding hydrogens is 262 g/mol. The van der Waals surface area contributed by atoms with E-state index in [1.807, 2.05) is 4.90 Å². The van der Waals surface area contributed by atoms with E-state index in [1.165, 1.54) is 17.7 Å². The van der Waals surface area contributed by atoms with Crippen LogP contribution in [-0.4, -0.2) is 43.5 Å². The molecule has 0 saturated carbocycles. The van der Waals surface area contributed by atoms with Crippen LogP contribution in [0.4, 0.5) is 5.69 Å². The van der Waals surface area contributed by atoms with Gasteiger partial charge in [-0.2, -0.15) is 0 Å². The monoisotopic (exact) mass is 289 g/mol. The Balaban J connectivity index is 1.91. The Morgan fingerprint density at radius 1 is 1.14 bits per heavy atom. The highest BCUT2D eigenvalue weighted by Crippen LogP contribution is 2.17. The smallest absolute Gasteiger partial charge is 0.219 e. The maximum atomic E-state index is 11.5. The number of amides is 1. The van der Waals surface area contributed by atoms with Gasteiger partial charge in [-0.25, -0.2) is 0 Å². The van der Waals surface area contributed by atoms with E-state index in [0.29, 0.717) is 0 Å². The van der Waals surface area contributed by atoms with Crippen LogP contribution in [-0.2, 0) is 11.3 Å². The van der Waals surface area contributed by atoms with E-state index in [0.717, 1.165) is 45.7 Å². The van der Waals surface area contributed by atoms with E-state index in [9.17, 15) is 4.79 Å². The summed E-state index contributed by atoms with van der Waals surface area (Å²) in [7, 11) is 0. The number of carbonyl (C=O) groups excluding carboxylic acids is 1. The van der Waals surface area contributed by atoms with Crippen molar-refractivity contribution in [1.82, 2.24) is 10.2 Å². The SMILES string of the molecule is CCCNCc1ccc(N2CCCN(C(C)=O)CC2)cc1. The molecule has 1 heterocycles. The largest absolute Gasteiger partial charge is 0.370 e. The normalized spacial score (nSPS) is 15.9. The molecule has 0 aromatic heterocycles. The second kappa shape index (κ2) is 8.03. The lowest BCUT2D eigenvalue weighted by atomic mass is 10.2. The first kappa shape index (κ1) is 15.8. The van der Waals surface area contributed by atoms with Crippen LogP contribution in [0.25, 0.3) is 0 Å². The van der Waals surface area contributed by atoms with Gasteiger partial charge in [-0.05, 0) is 37.1 Å². The fraction of sp³-hybridized carbons (Fsp3) is 0.588. The molecule has 1 aromatic carbocycles. The summed E-state index contributed by atoms with van der Waals surface area (Å²) in [4.78, 5) is 15.8. The van der Waals surface area contributed by atoms with E-state index >= 15 is 0 Å². The van der Waals surface area contributed by atoms with Gasteiger partial charge in [0.05, 0.1) is 0 Å². The third-order valence-electron chi connectivity index (χ3n) is 4.00. The minimum Gasteiger partial charge on any atom is -0.370 e. The molecule has 1 N–H and O–H groups in total. The van der Waals surface area contributed by atoms with Crippen molar-refractivity contribution in [1.29, 1.82) is 0 Å². The second-order valence-electron chi connectivity index (χ2n) is 5.69. The van der Waals surface area contributed by atoms with E-state index in [2.05, 4.69) is 41.4 Å². The summed E-state index contributed by atoms with van der Waals surface area (Å²) in [5.74, 6) is 0.189. The van der Waals surface area contributed by atoms with Gasteiger partial charge in [0.1, 0.15) is 0 Å². The Morgan fingerprint density at radius 3 is 2.57 bits per heavy atom. The number of nitrogens with one attached hydrogen (secondary N) is 1. The molecule has 4 heteroatoms. The van der Waals surface area contributed by atoms with Crippen molar-refractivity contribution >= 4 is 11.6 Å². The molecule has 0 radical (unpaired) electrons. The van der Waals surface area contributed by atoms with Gasteiger partial charge < -0.3 is 15.1 Å². The zero-order valence-corrected chi connectivity index (χ0v) is 13.3. The molecule has 0 aliphatic carbocycles. The Morgan fingerprint density at radius 2 is 1.90 bits per heavy atom. The summed E-state index contributed by atoms with van der Waals surface area (Å²) >= 11 is 0. The Bertz CT molecular complexity index is 444. The molecular formula is C17H27N3O. The average Bonchev–Trinajstić information content (AvgIpc) is 2.74. The van der Waals surface area contributed by atoms with Crippen molar-refractivity contribution in [3.63, 3.8) is 0 Å². The van der Waals surface area contributed by atoms with Gasteiger partial charge in [0, 0.05) is 45.3 Å². The summed E-state index contributed by atoms with van der Waals surface area (Å²) in [6.45, 7) is 9.50. The number of hydrogen-bond donors (Lipinski definition) is 1. The predicted octanol–water partition coefficient (Wildman–Crippen LogP) is 2.24. The lowest BCUT2D eigenvalue weighted by Crippen LogP contribution is -2.33. The molecule has 116 valence electrons. The molecule has 1 aliphatic heterocycles. The second-order valence-corrected chi connectivity index (χ2v) is 5.69. The summed E-state index contributed by atoms with van der Waals surface area (Å²) in [5.41, 5.74) is 2.59. The molecule has 0 bridgehead atoms. The van der Waals surface area contributed by atoms with Gasteiger partial charge >= 0.3 is 0 Å². The average molecular weight is 289 g/mol. The molecule has 1 fully saturated rings. The Labute approximate surface area is 128 Å². The quantitative estimate of drug-likeness (QED) is 0.845. The summed E-state index contributed by atoms with van der Waals surface area (Å²) in [6, 6.07) is 8.80. The number of hydrogen-bond acceptors (Lipinski definition) is 3. The van der Waals surface area contributed by atoms with E-state index < -0.39 is 0 Å². The van der Waals surface area contributed by atoms with E-state index in [4.69, 9.17) is 0 Å². The van der Waals surface area contributed by atoms with Gasteiger partial charge in [0.25, 0.3) is 0 Å². The highest BCUT2D eigenvalue weighted by atomic mass is 16.2. The lowest BCUT2D eigenvalue weighted by molar-refractivity contribution is -0.128. The van der Waals surface area contributed by atoms with Crippen LogP contribution in [0.2, 0.25) is 0 Å². The van der Waals surface area contributed by atoms with Crippen molar-refractivity contribution in [2.75, 3.05) is 37.6 Å². The molecule has 4 nitrogen and oxygen atoms in total. The summed E-state index contributed by atoms with van der Waals surface area (Å²) in [5, 5.41) is 3.42. The number of rotatable bonds is 5. The first-order valence-electron chi connectivity index (χ1n) is 8.01. The van der Waals surface area contributed by atoms with E-state index in [-0.39, 0.29) is 5.91 Å². The van der Waals surface area contributed by atoms with Crippen molar-refractivity contribution in [3.05, 3.63) is 29.8 Å². The van der Waals surface area contributed by atoms with Crippen molar-refractivity contribution in [2.24, 2.45) is 0 Å². The standard InChI is InChI=1S/C17H27N3O/c1-3-9-18-14-16-5-7-17(8-6-16)20-11-4-10-19(12-13-20)15(2)21/h5-8,18H,3-4,9-14H2,1-2H3. The molecule has 21 heavy (non-hydrogen) atoms. The molecule has 1 aliphatic rings. The van der Waals surface area contributed by atoms with E-state index in [1.54, 1.807) is 6.92 Å². The fourth-order valence-electron chi connectivity index (χ4n) is 2.72. The third kappa shape index (κ3) is 4.74. The molecule has 0 unspecified atom stereocenters. The maximum absolute atomic E-state index is 11.5. The minimum absolute atomic E-state index is 0.189. The first-order valence-corrected chi connectivity index (χ1v) is 8.01. The van der Waals surface area contributed by atoms with Crippen LogP contribution in [0.15, 0.2) is 24.3 Å². The predicted molar refractivity (Wildman–Crippen MR) is 87.5 cm³/mol. The number of nitrogens with zero attached hydrogens (tertiary/aromatic N) is 2. The van der Waals surface area contributed by atoms with Crippen LogP contribution in [0.3, 0.4) is 0 Å². The highest BCUT2D eigenvalue weighted by Gasteiger charge is 2.16. The summed E-state index contributed by atoms with van der Waals surface area (Å²) < 4.78 is 0. The van der Waals surface area contributed by atoms with Crippen LogP contribution < -0.4 is 10.2 Å². The van der Waals surface area contributed by atoms with Crippen molar-refractivity contribution in [2.45, 2.75) is 33.2 Å². The molecule has 2 rings (SSSR count). The third-order valence-corrected chi connectivity index (χ3v) is 4.00. The molecule has 0 atom stereocenters. The van der Waals surface area contributed by atoms with Gasteiger partial charge in [0.15, 0.2) is 0 Å². The topological polar surface area (TPSA) is 35.6 Å². The lowest BCUT2D eigenvalue weighted by Gasteiger charge is -2.23. The fourth-order valence-corrected chi connectivity index (χ4v) is 2.72.